The van der Waals surface area contributed by atoms with Gasteiger partial charge in [0.15, 0.2) is 0 Å². The van der Waals surface area contributed by atoms with Gasteiger partial charge in [-0.1, -0.05) is 23.7 Å². The fourth-order valence-electron chi connectivity index (χ4n) is 2.03. The van der Waals surface area contributed by atoms with Crippen molar-refractivity contribution in [1.29, 1.82) is 0 Å². The molecule has 2 aromatic heterocycles. The number of phenolic OH excluding ortho intramolecular Hbond substituents is 1. The van der Waals surface area contributed by atoms with E-state index < -0.39 is 0 Å². The number of phenols is 1. The monoisotopic (exact) mass is 336 g/mol. The molecule has 0 fully saturated rings. The van der Waals surface area contributed by atoms with Gasteiger partial charge in [-0.2, -0.15) is 0 Å². The molecule has 21 heavy (non-hydrogen) atoms. The predicted octanol–water partition coefficient (Wildman–Crippen LogP) is 4.96. The maximum atomic E-state index is 9.77. The second kappa shape index (κ2) is 5.83. The second-order valence-electron chi connectivity index (χ2n) is 4.65. The van der Waals surface area contributed by atoms with Crippen LogP contribution >= 0.6 is 34.7 Å². The Hall–Kier alpha value is -1.30. The molecule has 108 valence electrons. The van der Waals surface area contributed by atoms with Crippen LogP contribution in [0.1, 0.15) is 16.3 Å². The fourth-order valence-corrected chi connectivity index (χ4v) is 4.27. The molecule has 0 unspecified atom stereocenters. The number of thioether (sulfide) groups is 1. The van der Waals surface area contributed by atoms with E-state index >= 15 is 0 Å². The molecule has 0 atom stereocenters. The van der Waals surface area contributed by atoms with Gasteiger partial charge < -0.3 is 5.11 Å². The minimum atomic E-state index is 0.275. The number of aromatic nitrogens is 2. The number of halogens is 1. The zero-order valence-electron chi connectivity index (χ0n) is 11.6. The highest BCUT2D eigenvalue weighted by atomic mass is 35.5. The van der Waals surface area contributed by atoms with E-state index in [2.05, 4.69) is 16.9 Å². The predicted molar refractivity (Wildman–Crippen MR) is 89.6 cm³/mol. The Balaban J connectivity index is 1.90. The molecular formula is C15H13ClN2OS2. The van der Waals surface area contributed by atoms with Crippen LogP contribution in [0.5, 0.6) is 5.75 Å². The first-order valence-corrected chi connectivity index (χ1v) is 8.57. The highest BCUT2D eigenvalue weighted by molar-refractivity contribution is 7.98. The van der Waals surface area contributed by atoms with Gasteiger partial charge in [-0.25, -0.2) is 9.97 Å². The minimum absolute atomic E-state index is 0.275. The normalized spacial score (nSPS) is 11.2. The van der Waals surface area contributed by atoms with Crippen LogP contribution < -0.4 is 0 Å². The van der Waals surface area contributed by atoms with Crippen molar-refractivity contribution in [3.05, 3.63) is 45.7 Å². The van der Waals surface area contributed by atoms with E-state index in [0.29, 0.717) is 16.7 Å². The third-order valence-electron chi connectivity index (χ3n) is 3.25. The van der Waals surface area contributed by atoms with Crippen LogP contribution in [-0.4, -0.2) is 15.1 Å². The van der Waals surface area contributed by atoms with Crippen molar-refractivity contribution in [2.75, 3.05) is 0 Å². The van der Waals surface area contributed by atoms with E-state index in [1.165, 1.54) is 16.6 Å². The lowest BCUT2D eigenvalue weighted by Crippen LogP contribution is -1.93. The SMILES string of the molecule is Cc1sc2nc(CSc3ccccc3O)nc(Cl)c2c1C. The summed E-state index contributed by atoms with van der Waals surface area (Å²) in [6, 6.07) is 7.24. The van der Waals surface area contributed by atoms with Gasteiger partial charge in [-0.15, -0.1) is 23.1 Å². The van der Waals surface area contributed by atoms with Gasteiger partial charge in [0.25, 0.3) is 0 Å². The molecule has 0 aliphatic rings. The molecule has 6 heteroatoms. The molecule has 3 aromatic rings. The Labute approximate surface area is 136 Å². The van der Waals surface area contributed by atoms with Crippen molar-refractivity contribution in [2.24, 2.45) is 0 Å². The van der Waals surface area contributed by atoms with E-state index in [9.17, 15) is 5.11 Å². The van der Waals surface area contributed by atoms with Crippen LogP contribution in [0.3, 0.4) is 0 Å². The van der Waals surface area contributed by atoms with Crippen LogP contribution in [0.25, 0.3) is 10.2 Å². The summed E-state index contributed by atoms with van der Waals surface area (Å²) in [5.74, 6) is 1.53. The summed E-state index contributed by atoms with van der Waals surface area (Å²) in [7, 11) is 0. The van der Waals surface area contributed by atoms with E-state index in [4.69, 9.17) is 11.6 Å². The number of hydrogen-bond donors (Lipinski definition) is 1. The van der Waals surface area contributed by atoms with Gasteiger partial charge in [0.05, 0.1) is 11.1 Å². The number of para-hydroxylation sites is 1. The lowest BCUT2D eigenvalue weighted by Gasteiger charge is -2.04. The van der Waals surface area contributed by atoms with Crippen LogP contribution in [0.15, 0.2) is 29.2 Å². The van der Waals surface area contributed by atoms with Gasteiger partial charge in [0.1, 0.15) is 21.6 Å². The molecule has 3 nitrogen and oxygen atoms in total. The lowest BCUT2D eigenvalue weighted by molar-refractivity contribution is 0.462. The molecule has 0 saturated heterocycles. The molecule has 2 heterocycles. The zero-order valence-corrected chi connectivity index (χ0v) is 13.9. The third kappa shape index (κ3) is 2.86. The number of benzene rings is 1. The molecule has 0 radical (unpaired) electrons. The summed E-state index contributed by atoms with van der Waals surface area (Å²) >= 11 is 9.43. The first-order chi connectivity index (χ1) is 10.1. The number of aryl methyl sites for hydroxylation is 2. The topological polar surface area (TPSA) is 46.0 Å². The Kier molecular flexibility index (Phi) is 4.06. The molecule has 0 bridgehead atoms. The second-order valence-corrected chi connectivity index (χ2v) is 7.23. The highest BCUT2D eigenvalue weighted by Gasteiger charge is 2.13. The summed E-state index contributed by atoms with van der Waals surface area (Å²) in [5.41, 5.74) is 1.15. The summed E-state index contributed by atoms with van der Waals surface area (Å²) in [6.45, 7) is 4.11. The van der Waals surface area contributed by atoms with Gasteiger partial charge >= 0.3 is 0 Å². The van der Waals surface area contributed by atoms with Crippen molar-refractivity contribution in [3.8, 4) is 5.75 Å². The Morgan fingerprint density at radius 1 is 1.24 bits per heavy atom. The molecule has 1 N–H and O–H groups in total. The zero-order chi connectivity index (χ0) is 15.0. The maximum Gasteiger partial charge on any atom is 0.142 e. The highest BCUT2D eigenvalue weighted by Crippen LogP contribution is 2.34. The average Bonchev–Trinajstić information content (AvgIpc) is 2.73. The molecule has 0 amide bonds. The Morgan fingerprint density at radius 3 is 2.76 bits per heavy atom. The molecular weight excluding hydrogens is 324 g/mol. The maximum absolute atomic E-state index is 9.77. The first kappa shape index (κ1) is 14.6. The Morgan fingerprint density at radius 2 is 2.00 bits per heavy atom. The fraction of sp³-hybridized carbons (Fsp3) is 0.200. The number of rotatable bonds is 3. The van der Waals surface area contributed by atoms with Crippen LogP contribution in [0.2, 0.25) is 5.15 Å². The standard InChI is InChI=1S/C15H13ClN2OS2/c1-8-9(2)21-15-13(8)14(16)17-12(18-15)7-20-11-6-4-3-5-10(11)19/h3-6,19H,7H2,1-2H3. The summed E-state index contributed by atoms with van der Waals surface area (Å²) in [4.78, 5) is 11.9. The smallest absolute Gasteiger partial charge is 0.142 e. The largest absolute Gasteiger partial charge is 0.507 e. The quantitative estimate of drug-likeness (QED) is 0.542. The number of hydrogen-bond acceptors (Lipinski definition) is 5. The van der Waals surface area contributed by atoms with Crippen LogP contribution in [0, 0.1) is 13.8 Å². The first-order valence-electron chi connectivity index (χ1n) is 6.39. The molecule has 0 spiro atoms. The molecule has 0 aliphatic carbocycles. The summed E-state index contributed by atoms with van der Waals surface area (Å²) in [5, 5.41) is 11.2. The average molecular weight is 337 g/mol. The van der Waals surface area contributed by atoms with Gasteiger partial charge in [-0.05, 0) is 31.5 Å². The van der Waals surface area contributed by atoms with Crippen LogP contribution in [-0.2, 0) is 5.75 Å². The van der Waals surface area contributed by atoms with Crippen molar-refractivity contribution >= 4 is 44.9 Å². The van der Waals surface area contributed by atoms with Gasteiger partial charge in [0.2, 0.25) is 0 Å². The molecule has 0 aliphatic heterocycles. The summed E-state index contributed by atoms with van der Waals surface area (Å²) < 4.78 is 0. The third-order valence-corrected chi connectivity index (χ3v) is 5.69. The van der Waals surface area contributed by atoms with Gasteiger partial charge in [-0.3, -0.25) is 0 Å². The Bertz CT molecular complexity index is 817. The van der Waals surface area contributed by atoms with E-state index in [1.807, 2.05) is 19.1 Å². The van der Waals surface area contributed by atoms with Gasteiger partial charge in [0, 0.05) is 9.77 Å². The van der Waals surface area contributed by atoms with Crippen molar-refractivity contribution in [1.82, 2.24) is 9.97 Å². The molecule has 0 saturated carbocycles. The molecule has 1 aromatic carbocycles. The number of aromatic hydroxyl groups is 1. The molecule has 3 rings (SSSR count). The lowest BCUT2D eigenvalue weighted by atomic mass is 10.2. The summed E-state index contributed by atoms with van der Waals surface area (Å²) in [6.07, 6.45) is 0. The minimum Gasteiger partial charge on any atom is -0.507 e. The number of thiophene rings is 1. The number of fused-ring (bicyclic) bond motifs is 1. The van der Waals surface area contributed by atoms with Crippen molar-refractivity contribution in [3.63, 3.8) is 0 Å². The van der Waals surface area contributed by atoms with E-state index in [0.717, 1.165) is 20.7 Å². The van der Waals surface area contributed by atoms with Crippen molar-refractivity contribution < 1.29 is 5.11 Å². The number of nitrogens with zero attached hydrogens (tertiary/aromatic N) is 2. The van der Waals surface area contributed by atoms with E-state index in [1.54, 1.807) is 23.5 Å². The van der Waals surface area contributed by atoms with Crippen LogP contribution in [0.4, 0.5) is 0 Å². The van der Waals surface area contributed by atoms with Crippen molar-refractivity contribution in [2.45, 2.75) is 24.5 Å². The van der Waals surface area contributed by atoms with E-state index in [-0.39, 0.29) is 5.75 Å².